The summed E-state index contributed by atoms with van der Waals surface area (Å²) in [6.07, 6.45) is 1.30. The van der Waals surface area contributed by atoms with Crippen molar-refractivity contribution in [2.45, 2.75) is 0 Å². The number of aromatic nitrogens is 2. The van der Waals surface area contributed by atoms with E-state index in [4.69, 9.17) is 14.2 Å². The summed E-state index contributed by atoms with van der Waals surface area (Å²) in [7, 11) is 3.05. The van der Waals surface area contributed by atoms with Crippen LogP contribution in [0, 0.1) is 10.1 Å². The molecule has 0 aliphatic carbocycles. The maximum atomic E-state index is 11.7. The molecule has 3 rings (SSSR count). The van der Waals surface area contributed by atoms with Gasteiger partial charge in [-0.05, 0) is 12.1 Å². The number of nitrogens with zero attached hydrogens (tertiary/aromatic N) is 4. The predicted octanol–water partition coefficient (Wildman–Crippen LogP) is 1.98. The summed E-state index contributed by atoms with van der Waals surface area (Å²) in [5, 5.41) is 14.7. The second-order valence-electron chi connectivity index (χ2n) is 5.44. The topological polar surface area (TPSA) is 112 Å². The Hall–Kier alpha value is -3.14. The Kier molecular flexibility index (Phi) is 5.32. The van der Waals surface area contributed by atoms with E-state index in [2.05, 4.69) is 15.3 Å². The lowest BCUT2D eigenvalue weighted by Crippen LogP contribution is -2.37. The maximum absolute atomic E-state index is 11.7. The Labute approximate surface area is 149 Å². The molecule has 0 atom stereocenters. The minimum atomic E-state index is -0.486. The molecule has 1 saturated heterocycles. The van der Waals surface area contributed by atoms with E-state index in [9.17, 15) is 10.1 Å². The highest BCUT2D eigenvalue weighted by molar-refractivity contribution is 5.77. The van der Waals surface area contributed by atoms with Gasteiger partial charge in [-0.15, -0.1) is 0 Å². The number of rotatable bonds is 6. The van der Waals surface area contributed by atoms with Crippen LogP contribution in [0.15, 0.2) is 24.5 Å². The molecule has 1 aliphatic rings. The first kappa shape index (κ1) is 17.7. The van der Waals surface area contributed by atoms with E-state index in [1.54, 1.807) is 18.2 Å². The summed E-state index contributed by atoms with van der Waals surface area (Å²) in [4.78, 5) is 21.2. The number of nitro groups is 1. The Morgan fingerprint density at radius 3 is 2.65 bits per heavy atom. The van der Waals surface area contributed by atoms with E-state index in [1.165, 1.54) is 20.5 Å². The second-order valence-corrected chi connectivity index (χ2v) is 5.44. The molecule has 1 aromatic carbocycles. The smallest absolute Gasteiger partial charge is 0.353 e. The summed E-state index contributed by atoms with van der Waals surface area (Å²) in [6, 6.07) is 5.12. The van der Waals surface area contributed by atoms with Gasteiger partial charge in [0.2, 0.25) is 11.6 Å². The van der Waals surface area contributed by atoms with E-state index < -0.39 is 4.92 Å². The number of ether oxygens (including phenoxy) is 3. The lowest BCUT2D eigenvalue weighted by Gasteiger charge is -2.27. The van der Waals surface area contributed by atoms with Gasteiger partial charge in [0.05, 0.1) is 38.0 Å². The van der Waals surface area contributed by atoms with Crippen LogP contribution in [0.1, 0.15) is 0 Å². The molecular weight excluding hydrogens is 342 g/mol. The summed E-state index contributed by atoms with van der Waals surface area (Å²) in [5.41, 5.74) is 0.306. The van der Waals surface area contributed by atoms with Gasteiger partial charge in [0.1, 0.15) is 17.8 Å². The Bertz CT molecular complexity index is 795. The molecule has 1 N–H and O–H groups in total. The summed E-state index contributed by atoms with van der Waals surface area (Å²) < 4.78 is 15.8. The molecular formula is C16H19N5O5. The number of methoxy groups -OCH3 is 2. The van der Waals surface area contributed by atoms with Crippen LogP contribution in [0.2, 0.25) is 0 Å². The molecule has 1 aromatic heterocycles. The first-order chi connectivity index (χ1) is 12.6. The molecule has 0 amide bonds. The van der Waals surface area contributed by atoms with Crippen LogP contribution >= 0.6 is 0 Å². The fourth-order valence-corrected chi connectivity index (χ4v) is 2.67. The third-order valence-corrected chi connectivity index (χ3v) is 3.96. The van der Waals surface area contributed by atoms with Crippen molar-refractivity contribution in [1.82, 2.24) is 9.97 Å². The maximum Gasteiger partial charge on any atom is 0.353 e. The zero-order valence-corrected chi connectivity index (χ0v) is 14.5. The van der Waals surface area contributed by atoms with Crippen molar-refractivity contribution in [3.63, 3.8) is 0 Å². The number of hydrogen-bond acceptors (Lipinski definition) is 9. The van der Waals surface area contributed by atoms with Crippen LogP contribution in [0.4, 0.5) is 23.0 Å². The molecule has 10 nitrogen and oxygen atoms in total. The molecule has 138 valence electrons. The van der Waals surface area contributed by atoms with Gasteiger partial charge < -0.3 is 24.4 Å². The molecule has 2 heterocycles. The van der Waals surface area contributed by atoms with Gasteiger partial charge in [0, 0.05) is 19.2 Å². The summed E-state index contributed by atoms with van der Waals surface area (Å²) in [5.74, 6) is 1.43. The zero-order chi connectivity index (χ0) is 18.5. The van der Waals surface area contributed by atoms with Crippen molar-refractivity contribution in [1.29, 1.82) is 0 Å². The molecule has 2 aromatic rings. The highest BCUT2D eigenvalue weighted by Crippen LogP contribution is 2.37. The van der Waals surface area contributed by atoms with Gasteiger partial charge in [-0.1, -0.05) is 0 Å². The van der Waals surface area contributed by atoms with E-state index in [1.807, 2.05) is 4.90 Å². The van der Waals surface area contributed by atoms with E-state index in [0.717, 1.165) is 0 Å². The number of anilines is 3. The molecule has 0 unspecified atom stereocenters. The van der Waals surface area contributed by atoms with Crippen LogP contribution in [-0.4, -0.2) is 55.4 Å². The normalized spacial score (nSPS) is 14.0. The monoisotopic (exact) mass is 361 g/mol. The third kappa shape index (κ3) is 3.59. The van der Waals surface area contributed by atoms with Gasteiger partial charge >= 0.3 is 5.69 Å². The second kappa shape index (κ2) is 7.83. The quantitative estimate of drug-likeness (QED) is 0.609. The third-order valence-electron chi connectivity index (χ3n) is 3.96. The van der Waals surface area contributed by atoms with Crippen molar-refractivity contribution in [3.8, 4) is 11.5 Å². The highest BCUT2D eigenvalue weighted by atomic mass is 16.6. The van der Waals surface area contributed by atoms with Gasteiger partial charge in [-0.2, -0.15) is 0 Å². The van der Waals surface area contributed by atoms with Gasteiger partial charge in [0.15, 0.2) is 0 Å². The standard InChI is InChI=1S/C16H19N5O5/c1-24-11-3-4-13(25-2)12(9-11)19-15-14(21(22)23)16(18-10-17-15)20-5-7-26-8-6-20/h3-4,9-10H,5-8H2,1-2H3,(H,17,18,19). The number of nitrogens with one attached hydrogen (secondary N) is 1. The average molecular weight is 361 g/mol. The van der Waals surface area contributed by atoms with E-state index in [0.29, 0.717) is 43.5 Å². The van der Waals surface area contributed by atoms with Gasteiger partial charge in [0.25, 0.3) is 0 Å². The molecule has 0 spiro atoms. The Morgan fingerprint density at radius 1 is 1.23 bits per heavy atom. The summed E-state index contributed by atoms with van der Waals surface area (Å²) >= 11 is 0. The SMILES string of the molecule is COc1ccc(OC)c(Nc2ncnc(N3CCOCC3)c2[N+](=O)[O-])c1. The van der Waals surface area contributed by atoms with Crippen molar-refractivity contribution < 1.29 is 19.1 Å². The lowest BCUT2D eigenvalue weighted by molar-refractivity contribution is -0.383. The first-order valence-corrected chi connectivity index (χ1v) is 7.95. The van der Waals surface area contributed by atoms with E-state index >= 15 is 0 Å². The molecule has 0 radical (unpaired) electrons. The fourth-order valence-electron chi connectivity index (χ4n) is 2.67. The Morgan fingerprint density at radius 2 is 2.00 bits per heavy atom. The Balaban J connectivity index is 2.01. The lowest BCUT2D eigenvalue weighted by atomic mass is 10.2. The van der Waals surface area contributed by atoms with Gasteiger partial charge in [-0.3, -0.25) is 10.1 Å². The predicted molar refractivity (Wildman–Crippen MR) is 94.5 cm³/mol. The van der Waals surface area contributed by atoms with Crippen molar-refractivity contribution in [2.24, 2.45) is 0 Å². The number of benzene rings is 1. The van der Waals surface area contributed by atoms with Crippen molar-refractivity contribution in [2.75, 3.05) is 50.7 Å². The number of morpholine rings is 1. The molecule has 0 saturated carbocycles. The molecule has 26 heavy (non-hydrogen) atoms. The molecule has 1 fully saturated rings. The van der Waals surface area contributed by atoms with Crippen LogP contribution in [-0.2, 0) is 4.74 Å². The van der Waals surface area contributed by atoms with Crippen LogP contribution in [0.3, 0.4) is 0 Å². The van der Waals surface area contributed by atoms with Crippen LogP contribution < -0.4 is 19.7 Å². The zero-order valence-electron chi connectivity index (χ0n) is 14.5. The van der Waals surface area contributed by atoms with Gasteiger partial charge in [-0.25, -0.2) is 9.97 Å². The van der Waals surface area contributed by atoms with Crippen LogP contribution in [0.25, 0.3) is 0 Å². The largest absolute Gasteiger partial charge is 0.497 e. The van der Waals surface area contributed by atoms with Crippen molar-refractivity contribution >= 4 is 23.0 Å². The van der Waals surface area contributed by atoms with Crippen LogP contribution in [0.5, 0.6) is 11.5 Å². The van der Waals surface area contributed by atoms with Crippen molar-refractivity contribution in [3.05, 3.63) is 34.6 Å². The highest BCUT2D eigenvalue weighted by Gasteiger charge is 2.28. The van der Waals surface area contributed by atoms with E-state index in [-0.39, 0.29) is 17.3 Å². The first-order valence-electron chi connectivity index (χ1n) is 7.95. The molecule has 1 aliphatic heterocycles. The average Bonchev–Trinajstić information content (AvgIpc) is 2.68. The summed E-state index contributed by atoms with van der Waals surface area (Å²) in [6.45, 7) is 2.04. The number of hydrogen-bond donors (Lipinski definition) is 1. The molecule has 0 bridgehead atoms. The minimum absolute atomic E-state index is 0.0815. The molecule has 10 heteroatoms. The minimum Gasteiger partial charge on any atom is -0.497 e. The fraction of sp³-hybridized carbons (Fsp3) is 0.375.